The highest BCUT2D eigenvalue weighted by molar-refractivity contribution is 7.98. The number of nitrogens with one attached hydrogen (secondary N) is 1. The second-order valence-corrected chi connectivity index (χ2v) is 8.64. The van der Waals surface area contributed by atoms with Crippen molar-refractivity contribution in [3.63, 3.8) is 0 Å². The van der Waals surface area contributed by atoms with Gasteiger partial charge in [0.1, 0.15) is 23.0 Å². The van der Waals surface area contributed by atoms with Gasteiger partial charge in [0.05, 0.1) is 14.2 Å². The van der Waals surface area contributed by atoms with E-state index in [2.05, 4.69) is 20.6 Å². The molecular weight excluding hydrogens is 468 g/mol. The Morgan fingerprint density at radius 1 is 1.11 bits per heavy atom. The summed E-state index contributed by atoms with van der Waals surface area (Å²) in [5, 5.41) is 12.0. The van der Waals surface area contributed by atoms with Crippen molar-refractivity contribution >= 4 is 29.2 Å². The first kappa shape index (κ1) is 24.1. The van der Waals surface area contributed by atoms with Crippen LogP contribution >= 0.6 is 11.8 Å². The van der Waals surface area contributed by atoms with Gasteiger partial charge in [-0.3, -0.25) is 4.79 Å². The topological polar surface area (TPSA) is 130 Å². The molecule has 35 heavy (non-hydrogen) atoms. The van der Waals surface area contributed by atoms with Crippen LogP contribution in [0.3, 0.4) is 0 Å². The Hall–Kier alpha value is -3.99. The number of carbonyl (C=O) groups excluding carboxylic acids is 1. The number of thioether (sulfide) groups is 1. The number of nitrogens with zero attached hydrogens (tertiary/aromatic N) is 4. The summed E-state index contributed by atoms with van der Waals surface area (Å²) in [4.78, 5) is 17.2. The minimum absolute atomic E-state index is 0.0664. The quantitative estimate of drug-likeness (QED) is 0.346. The molecule has 2 heterocycles. The van der Waals surface area contributed by atoms with Crippen LogP contribution < -0.4 is 20.5 Å². The molecule has 2 aromatic heterocycles. The zero-order chi connectivity index (χ0) is 25.1. The summed E-state index contributed by atoms with van der Waals surface area (Å²) in [6.07, 6.45) is 1.86. The Balaban J connectivity index is 1.59. The molecule has 11 heteroatoms. The monoisotopic (exact) mass is 494 g/mol. The largest absolute Gasteiger partial charge is 0.493 e. The second-order valence-electron chi connectivity index (χ2n) is 7.84. The van der Waals surface area contributed by atoms with Crippen molar-refractivity contribution in [2.24, 2.45) is 0 Å². The third-order valence-electron chi connectivity index (χ3n) is 5.23. The molecular formula is C24H26N6O4S. The van der Waals surface area contributed by atoms with Gasteiger partial charge in [-0.2, -0.15) is 10.1 Å². The van der Waals surface area contributed by atoms with Gasteiger partial charge in [0.15, 0.2) is 11.5 Å². The highest BCUT2D eigenvalue weighted by atomic mass is 32.2. The first-order chi connectivity index (χ1) is 16.8. The summed E-state index contributed by atoms with van der Waals surface area (Å²) in [5.41, 5.74) is 10.4. The number of hydrogen-bond acceptors (Lipinski definition) is 9. The van der Waals surface area contributed by atoms with Crippen molar-refractivity contribution < 1.29 is 18.8 Å². The summed E-state index contributed by atoms with van der Waals surface area (Å²) in [7, 11) is 3.12. The van der Waals surface area contributed by atoms with E-state index in [1.807, 2.05) is 38.3 Å². The van der Waals surface area contributed by atoms with Crippen LogP contribution in [-0.4, -0.2) is 46.3 Å². The number of methoxy groups -OCH3 is 2. The molecule has 4 aromatic rings. The minimum atomic E-state index is -0.250. The van der Waals surface area contributed by atoms with Crippen molar-refractivity contribution in [3.05, 3.63) is 47.5 Å². The van der Waals surface area contributed by atoms with E-state index < -0.39 is 0 Å². The van der Waals surface area contributed by atoms with Gasteiger partial charge < -0.3 is 25.0 Å². The number of nitrogen functional groups attached to an aromatic ring is 1. The third kappa shape index (κ3) is 5.09. The molecule has 0 aliphatic carbocycles. The number of benzene rings is 2. The fourth-order valence-electron chi connectivity index (χ4n) is 3.72. The average molecular weight is 495 g/mol. The Bertz CT molecular complexity index is 1360. The third-order valence-corrected chi connectivity index (χ3v) is 5.91. The van der Waals surface area contributed by atoms with Gasteiger partial charge in [-0.15, -0.1) is 11.8 Å². The van der Waals surface area contributed by atoms with Gasteiger partial charge >= 0.3 is 0 Å². The van der Waals surface area contributed by atoms with E-state index in [1.54, 1.807) is 32.4 Å². The SMILES string of the molecule is COc1ccc(-c2noc(-c3c(SC)nn(CC(=O)Nc4cc(C)cc(C)c4)c3N)n2)cc1OC. The second kappa shape index (κ2) is 10.1. The average Bonchev–Trinajstić information content (AvgIpc) is 3.42. The number of ether oxygens (including phenoxy) is 2. The normalized spacial score (nSPS) is 10.9. The molecule has 10 nitrogen and oxygen atoms in total. The van der Waals surface area contributed by atoms with E-state index in [0.717, 1.165) is 16.8 Å². The number of aryl methyl sites for hydroxylation is 2. The zero-order valence-corrected chi connectivity index (χ0v) is 20.9. The lowest BCUT2D eigenvalue weighted by Gasteiger charge is -2.08. The number of anilines is 2. The van der Waals surface area contributed by atoms with E-state index >= 15 is 0 Å². The smallest absolute Gasteiger partial charge is 0.264 e. The predicted octanol–water partition coefficient (Wildman–Crippen LogP) is 4.18. The van der Waals surface area contributed by atoms with Crippen LogP contribution in [0.2, 0.25) is 0 Å². The van der Waals surface area contributed by atoms with Crippen molar-refractivity contribution in [2.75, 3.05) is 31.5 Å². The van der Waals surface area contributed by atoms with Gasteiger partial charge in [0, 0.05) is 11.3 Å². The van der Waals surface area contributed by atoms with Crippen molar-refractivity contribution in [1.82, 2.24) is 19.9 Å². The highest BCUT2D eigenvalue weighted by Crippen LogP contribution is 2.36. The maximum absolute atomic E-state index is 12.7. The molecule has 0 unspecified atom stereocenters. The lowest BCUT2D eigenvalue weighted by Crippen LogP contribution is -2.20. The van der Waals surface area contributed by atoms with Crippen LogP contribution in [0.4, 0.5) is 11.5 Å². The number of aromatic nitrogens is 4. The molecule has 0 fully saturated rings. The summed E-state index contributed by atoms with van der Waals surface area (Å²) in [6.45, 7) is 3.89. The molecule has 0 aliphatic rings. The molecule has 0 saturated carbocycles. The molecule has 0 spiro atoms. The zero-order valence-electron chi connectivity index (χ0n) is 20.1. The molecule has 1 amide bonds. The lowest BCUT2D eigenvalue weighted by atomic mass is 10.1. The van der Waals surface area contributed by atoms with Crippen molar-refractivity contribution in [1.29, 1.82) is 0 Å². The van der Waals surface area contributed by atoms with E-state index in [1.165, 1.54) is 16.4 Å². The van der Waals surface area contributed by atoms with Gasteiger partial charge in [-0.1, -0.05) is 11.2 Å². The van der Waals surface area contributed by atoms with Crippen LogP contribution in [0.15, 0.2) is 45.9 Å². The summed E-state index contributed by atoms with van der Waals surface area (Å²) < 4.78 is 17.6. The molecule has 0 radical (unpaired) electrons. The molecule has 2 aromatic carbocycles. The number of amides is 1. The maximum Gasteiger partial charge on any atom is 0.264 e. The fraction of sp³-hybridized carbons (Fsp3) is 0.250. The van der Waals surface area contributed by atoms with Crippen LogP contribution in [0.25, 0.3) is 22.8 Å². The minimum Gasteiger partial charge on any atom is -0.493 e. The molecule has 0 bridgehead atoms. The molecule has 3 N–H and O–H groups in total. The fourth-order valence-corrected chi connectivity index (χ4v) is 4.29. The van der Waals surface area contributed by atoms with Crippen LogP contribution in [0.1, 0.15) is 11.1 Å². The number of nitrogens with two attached hydrogens (primary N) is 1. The molecule has 0 aliphatic heterocycles. The van der Waals surface area contributed by atoms with Gasteiger partial charge in [0.2, 0.25) is 11.7 Å². The van der Waals surface area contributed by atoms with Crippen LogP contribution in [0, 0.1) is 13.8 Å². The van der Waals surface area contributed by atoms with Crippen LogP contribution in [-0.2, 0) is 11.3 Å². The van der Waals surface area contributed by atoms with E-state index in [0.29, 0.717) is 33.5 Å². The highest BCUT2D eigenvalue weighted by Gasteiger charge is 2.24. The van der Waals surface area contributed by atoms with Gasteiger partial charge in [-0.25, -0.2) is 4.68 Å². The van der Waals surface area contributed by atoms with Gasteiger partial charge in [0.25, 0.3) is 5.89 Å². The maximum atomic E-state index is 12.7. The van der Waals surface area contributed by atoms with E-state index in [9.17, 15) is 4.79 Å². The number of carbonyl (C=O) groups is 1. The Morgan fingerprint density at radius 2 is 1.83 bits per heavy atom. The first-order valence-corrected chi connectivity index (χ1v) is 11.9. The Morgan fingerprint density at radius 3 is 2.49 bits per heavy atom. The molecule has 182 valence electrons. The summed E-state index contributed by atoms with van der Waals surface area (Å²) in [5.74, 6) is 1.70. The Kier molecular flexibility index (Phi) is 6.97. The van der Waals surface area contributed by atoms with E-state index in [4.69, 9.17) is 19.7 Å². The molecule has 0 saturated heterocycles. The predicted molar refractivity (Wildman–Crippen MR) is 135 cm³/mol. The first-order valence-electron chi connectivity index (χ1n) is 10.7. The van der Waals surface area contributed by atoms with Crippen LogP contribution in [0.5, 0.6) is 11.5 Å². The van der Waals surface area contributed by atoms with Crippen molar-refractivity contribution in [3.8, 4) is 34.3 Å². The number of rotatable bonds is 8. The number of hydrogen-bond donors (Lipinski definition) is 2. The van der Waals surface area contributed by atoms with Gasteiger partial charge in [-0.05, 0) is 61.6 Å². The van der Waals surface area contributed by atoms with Crippen molar-refractivity contribution in [2.45, 2.75) is 25.4 Å². The Labute approximate surface area is 206 Å². The summed E-state index contributed by atoms with van der Waals surface area (Å²) in [6, 6.07) is 11.2. The molecule has 4 rings (SSSR count). The van der Waals surface area contributed by atoms with E-state index in [-0.39, 0.29) is 24.2 Å². The molecule has 0 atom stereocenters. The lowest BCUT2D eigenvalue weighted by molar-refractivity contribution is -0.116. The summed E-state index contributed by atoms with van der Waals surface area (Å²) >= 11 is 1.37. The standard InChI is InChI=1S/C24H26N6O4S/c1-13-8-14(2)10-16(9-13)26-19(31)12-30-21(25)20(24(28-30)35-5)23-27-22(29-34-23)15-6-7-17(32-3)18(11-15)33-4/h6-11H,12,25H2,1-5H3,(H,26,31).